The molecule has 92 valence electrons. The fourth-order valence-electron chi connectivity index (χ4n) is 1.48. The first-order valence-corrected chi connectivity index (χ1v) is 5.36. The molecule has 0 atom stereocenters. The largest absolute Gasteiger partial charge is 0.352 e. The first-order valence-electron chi connectivity index (χ1n) is 5.36. The molecule has 5 heteroatoms. The SMILES string of the molecule is C=C(CN1CC(F)(F)C1)C(=O)NCC(C)C. The maximum absolute atomic E-state index is 12.5. The highest BCUT2D eigenvalue weighted by atomic mass is 19.3. The summed E-state index contributed by atoms with van der Waals surface area (Å²) in [4.78, 5) is 13.0. The van der Waals surface area contributed by atoms with Gasteiger partial charge in [-0.1, -0.05) is 20.4 Å². The predicted molar refractivity (Wildman–Crippen MR) is 58.4 cm³/mol. The van der Waals surface area contributed by atoms with Gasteiger partial charge in [-0.25, -0.2) is 8.78 Å². The van der Waals surface area contributed by atoms with Gasteiger partial charge in [0, 0.05) is 18.7 Å². The molecular weight excluding hydrogens is 214 g/mol. The second-order valence-corrected chi connectivity index (χ2v) is 4.71. The van der Waals surface area contributed by atoms with Crippen molar-refractivity contribution in [1.82, 2.24) is 10.2 Å². The zero-order valence-electron chi connectivity index (χ0n) is 9.72. The monoisotopic (exact) mass is 232 g/mol. The summed E-state index contributed by atoms with van der Waals surface area (Å²) in [5.41, 5.74) is 0.344. The first kappa shape index (κ1) is 13.1. The minimum atomic E-state index is -2.59. The standard InChI is InChI=1S/C11H18F2N2O/c1-8(2)4-14-10(16)9(3)5-15-6-11(12,13)7-15/h8H,3-7H2,1-2H3,(H,14,16). The molecule has 0 aromatic heterocycles. The van der Waals surface area contributed by atoms with Crippen LogP contribution in [-0.2, 0) is 4.79 Å². The minimum Gasteiger partial charge on any atom is -0.352 e. The second-order valence-electron chi connectivity index (χ2n) is 4.71. The lowest BCUT2D eigenvalue weighted by Crippen LogP contribution is -2.57. The van der Waals surface area contributed by atoms with Crippen LogP contribution in [0.25, 0.3) is 0 Å². The van der Waals surface area contributed by atoms with Gasteiger partial charge in [0.25, 0.3) is 5.92 Å². The molecule has 0 bridgehead atoms. The van der Waals surface area contributed by atoms with E-state index < -0.39 is 5.92 Å². The van der Waals surface area contributed by atoms with Crippen LogP contribution in [0.5, 0.6) is 0 Å². The third kappa shape index (κ3) is 3.89. The molecule has 0 saturated carbocycles. The minimum absolute atomic E-state index is 0.222. The van der Waals surface area contributed by atoms with Crippen LogP contribution in [0.15, 0.2) is 12.2 Å². The molecule has 0 aromatic carbocycles. The zero-order chi connectivity index (χ0) is 12.3. The number of rotatable bonds is 5. The number of alkyl halides is 2. The highest BCUT2D eigenvalue weighted by Gasteiger charge is 2.43. The molecule has 1 saturated heterocycles. The Balaban J connectivity index is 2.23. The number of likely N-dealkylation sites (tertiary alicyclic amines) is 1. The Bertz CT molecular complexity index is 282. The van der Waals surface area contributed by atoms with Crippen LogP contribution >= 0.6 is 0 Å². The van der Waals surface area contributed by atoms with E-state index in [0.29, 0.717) is 18.0 Å². The quantitative estimate of drug-likeness (QED) is 0.724. The number of hydrogen-bond acceptors (Lipinski definition) is 2. The van der Waals surface area contributed by atoms with Crippen LogP contribution in [0.2, 0.25) is 0 Å². The fraction of sp³-hybridized carbons (Fsp3) is 0.727. The number of carbonyl (C=O) groups is 1. The smallest absolute Gasteiger partial charge is 0.272 e. The van der Waals surface area contributed by atoms with Gasteiger partial charge < -0.3 is 5.32 Å². The van der Waals surface area contributed by atoms with Gasteiger partial charge >= 0.3 is 0 Å². The Kier molecular flexibility index (Phi) is 4.02. The molecule has 1 rings (SSSR count). The lowest BCUT2D eigenvalue weighted by molar-refractivity contribution is -0.130. The third-order valence-electron chi connectivity index (χ3n) is 2.32. The van der Waals surface area contributed by atoms with Gasteiger partial charge in [-0.2, -0.15) is 0 Å². The lowest BCUT2D eigenvalue weighted by Gasteiger charge is -2.38. The van der Waals surface area contributed by atoms with Crippen molar-refractivity contribution in [2.24, 2.45) is 5.92 Å². The Hall–Kier alpha value is -0.970. The molecule has 1 fully saturated rings. The van der Waals surface area contributed by atoms with Crippen LogP contribution in [0, 0.1) is 5.92 Å². The summed E-state index contributed by atoms with van der Waals surface area (Å²) in [6.45, 7) is 7.82. The highest BCUT2D eigenvalue weighted by Crippen LogP contribution is 2.26. The Labute approximate surface area is 94.5 Å². The molecule has 1 heterocycles. The van der Waals surface area contributed by atoms with Crippen LogP contribution in [0.3, 0.4) is 0 Å². The normalized spacial score (nSPS) is 19.3. The lowest BCUT2D eigenvalue weighted by atomic mass is 10.1. The van der Waals surface area contributed by atoms with E-state index >= 15 is 0 Å². The molecule has 1 N–H and O–H groups in total. The predicted octanol–water partition coefficient (Wildman–Crippen LogP) is 1.27. The van der Waals surface area contributed by atoms with E-state index in [2.05, 4.69) is 11.9 Å². The maximum Gasteiger partial charge on any atom is 0.272 e. The zero-order valence-corrected chi connectivity index (χ0v) is 9.72. The first-order chi connectivity index (χ1) is 7.30. The van der Waals surface area contributed by atoms with Gasteiger partial charge in [-0.3, -0.25) is 9.69 Å². The number of carbonyl (C=O) groups excluding carboxylic acids is 1. The molecule has 0 aliphatic carbocycles. The van der Waals surface area contributed by atoms with E-state index in [9.17, 15) is 13.6 Å². The van der Waals surface area contributed by atoms with Crippen molar-refractivity contribution in [2.75, 3.05) is 26.2 Å². The van der Waals surface area contributed by atoms with Gasteiger partial charge in [-0.15, -0.1) is 0 Å². The van der Waals surface area contributed by atoms with Crippen LogP contribution in [0.1, 0.15) is 13.8 Å². The highest BCUT2D eigenvalue weighted by molar-refractivity contribution is 5.93. The van der Waals surface area contributed by atoms with Crippen LogP contribution in [-0.4, -0.2) is 42.9 Å². The summed E-state index contributed by atoms with van der Waals surface area (Å²) in [5.74, 6) is -2.47. The van der Waals surface area contributed by atoms with Crippen molar-refractivity contribution in [3.05, 3.63) is 12.2 Å². The summed E-state index contributed by atoms with van der Waals surface area (Å²) in [5, 5.41) is 2.70. The average Bonchev–Trinajstić information content (AvgIpc) is 2.10. The molecule has 16 heavy (non-hydrogen) atoms. The van der Waals surface area contributed by atoms with Crippen LogP contribution in [0.4, 0.5) is 8.78 Å². The molecule has 1 amide bonds. The number of nitrogens with one attached hydrogen (secondary N) is 1. The number of nitrogens with zero attached hydrogens (tertiary/aromatic N) is 1. The molecule has 1 aliphatic rings. The van der Waals surface area contributed by atoms with Gasteiger partial charge in [0.05, 0.1) is 13.1 Å². The van der Waals surface area contributed by atoms with Gasteiger partial charge in [0.15, 0.2) is 0 Å². The summed E-state index contributed by atoms with van der Waals surface area (Å²) >= 11 is 0. The Morgan fingerprint density at radius 2 is 2.06 bits per heavy atom. The van der Waals surface area contributed by atoms with E-state index in [-0.39, 0.29) is 25.5 Å². The number of halogens is 2. The van der Waals surface area contributed by atoms with Gasteiger partial charge in [0.1, 0.15) is 0 Å². The summed E-state index contributed by atoms with van der Waals surface area (Å²) in [6, 6.07) is 0. The molecule has 0 unspecified atom stereocenters. The summed E-state index contributed by atoms with van der Waals surface area (Å²) in [7, 11) is 0. The Morgan fingerprint density at radius 1 is 1.50 bits per heavy atom. The van der Waals surface area contributed by atoms with Crippen molar-refractivity contribution in [3.8, 4) is 0 Å². The van der Waals surface area contributed by atoms with Crippen molar-refractivity contribution < 1.29 is 13.6 Å². The third-order valence-corrected chi connectivity index (χ3v) is 2.32. The molecule has 0 aromatic rings. The number of amides is 1. The Morgan fingerprint density at radius 3 is 2.50 bits per heavy atom. The van der Waals surface area contributed by atoms with Gasteiger partial charge in [-0.05, 0) is 5.92 Å². The van der Waals surface area contributed by atoms with E-state index in [1.165, 1.54) is 4.90 Å². The topological polar surface area (TPSA) is 32.3 Å². The van der Waals surface area contributed by atoms with E-state index in [1.807, 2.05) is 13.8 Å². The fourth-order valence-corrected chi connectivity index (χ4v) is 1.48. The summed E-state index contributed by atoms with van der Waals surface area (Å²) < 4.78 is 25.0. The molecule has 1 aliphatic heterocycles. The van der Waals surface area contributed by atoms with E-state index in [4.69, 9.17) is 0 Å². The average molecular weight is 232 g/mol. The molecule has 3 nitrogen and oxygen atoms in total. The van der Waals surface area contributed by atoms with Crippen molar-refractivity contribution in [3.63, 3.8) is 0 Å². The molecule has 0 radical (unpaired) electrons. The van der Waals surface area contributed by atoms with Crippen molar-refractivity contribution in [1.29, 1.82) is 0 Å². The van der Waals surface area contributed by atoms with Gasteiger partial charge in [0.2, 0.25) is 5.91 Å². The van der Waals surface area contributed by atoms with Crippen molar-refractivity contribution in [2.45, 2.75) is 19.8 Å². The van der Waals surface area contributed by atoms with E-state index in [0.717, 1.165) is 0 Å². The van der Waals surface area contributed by atoms with Crippen LogP contribution < -0.4 is 5.32 Å². The van der Waals surface area contributed by atoms with Crippen molar-refractivity contribution >= 4 is 5.91 Å². The van der Waals surface area contributed by atoms with E-state index in [1.54, 1.807) is 0 Å². The second kappa shape index (κ2) is 4.91. The summed E-state index contributed by atoms with van der Waals surface area (Å²) in [6.07, 6.45) is 0. The number of hydrogen-bond donors (Lipinski definition) is 1. The molecule has 0 spiro atoms. The maximum atomic E-state index is 12.5. The molecular formula is C11H18F2N2O.